The van der Waals surface area contributed by atoms with E-state index in [2.05, 4.69) is 14.4 Å². The van der Waals surface area contributed by atoms with Crippen LogP contribution in [0.2, 0.25) is 0 Å². The van der Waals surface area contributed by atoms with Crippen LogP contribution in [0, 0.1) is 0 Å². The van der Waals surface area contributed by atoms with Gasteiger partial charge in [0.15, 0.2) is 0 Å². The van der Waals surface area contributed by atoms with Gasteiger partial charge in [-0.1, -0.05) is 17.3 Å². The molecule has 186 valence electrons. The monoisotopic (exact) mass is 529 g/mol. The normalized spacial score (nSPS) is 20.0. The number of rotatable bonds is 7. The van der Waals surface area contributed by atoms with Gasteiger partial charge in [-0.15, -0.1) is 11.3 Å². The molecule has 14 heteroatoms. The maximum Gasteiger partial charge on any atom is 0.452 e. The second-order valence-electron chi connectivity index (χ2n) is 8.15. The maximum atomic E-state index is 13.0. The number of carbonyl (C=O) groups excluding carboxylic acids is 1. The van der Waals surface area contributed by atoms with E-state index >= 15 is 0 Å². The molecule has 2 N–H and O–H groups in total. The molecule has 0 bridgehead atoms. The van der Waals surface area contributed by atoms with Gasteiger partial charge in [0, 0.05) is 31.6 Å². The van der Waals surface area contributed by atoms with Crippen molar-refractivity contribution in [2.75, 3.05) is 14.1 Å². The molecule has 0 saturated heterocycles. The average molecular weight is 530 g/mol. The summed E-state index contributed by atoms with van der Waals surface area (Å²) in [6.45, 7) is 0. The van der Waals surface area contributed by atoms with Gasteiger partial charge in [0.25, 0.3) is 15.9 Å². The number of benzene rings is 1. The molecular formula is C21H18F3N3O6S2. The fourth-order valence-corrected chi connectivity index (χ4v) is 6.25. The fourth-order valence-electron chi connectivity index (χ4n) is 3.59. The van der Waals surface area contributed by atoms with Crippen molar-refractivity contribution in [1.29, 1.82) is 0 Å². The highest BCUT2D eigenvalue weighted by molar-refractivity contribution is 7.91. The van der Waals surface area contributed by atoms with Crippen LogP contribution in [0.4, 0.5) is 13.2 Å². The van der Waals surface area contributed by atoms with Crippen molar-refractivity contribution >= 4 is 33.2 Å². The number of halogens is 3. The molecule has 2 heterocycles. The van der Waals surface area contributed by atoms with Crippen molar-refractivity contribution < 1.29 is 40.8 Å². The Bertz CT molecular complexity index is 1400. The number of aliphatic carboxylic acids is 1. The number of carboxylic acids is 1. The molecule has 0 aliphatic heterocycles. The second kappa shape index (κ2) is 8.46. The minimum atomic E-state index is -4.74. The van der Waals surface area contributed by atoms with Crippen LogP contribution in [0.3, 0.4) is 0 Å². The number of hydrogen-bond acceptors (Lipinski definition) is 7. The van der Waals surface area contributed by atoms with E-state index in [1.807, 2.05) is 0 Å². The summed E-state index contributed by atoms with van der Waals surface area (Å²) in [5.74, 6) is -3.61. The molecule has 1 saturated carbocycles. The molecule has 1 aliphatic rings. The maximum absolute atomic E-state index is 13.0. The highest BCUT2D eigenvalue weighted by Gasteiger charge is 2.63. The van der Waals surface area contributed by atoms with Crippen LogP contribution in [0.5, 0.6) is 0 Å². The van der Waals surface area contributed by atoms with Crippen LogP contribution in [-0.2, 0) is 21.0 Å². The fraction of sp³-hybridized carbons (Fsp3) is 0.286. The third-order valence-electron chi connectivity index (χ3n) is 5.51. The van der Waals surface area contributed by atoms with Crippen LogP contribution in [0.15, 0.2) is 51.2 Å². The summed E-state index contributed by atoms with van der Waals surface area (Å²) in [6.07, 6.45) is -4.76. The van der Waals surface area contributed by atoms with Crippen LogP contribution in [-0.4, -0.2) is 55.1 Å². The van der Waals surface area contributed by atoms with E-state index in [-0.39, 0.29) is 27.1 Å². The van der Waals surface area contributed by atoms with Crippen LogP contribution < -0.4 is 4.72 Å². The largest absolute Gasteiger partial charge is 0.480 e. The first-order chi connectivity index (χ1) is 16.2. The standard InChI is InChI=1S/C21H18F3N3O6S2/c1-27(2)18(28)12-5-3-11(4-6-12)13-10-20(13,19(29)30)26-35(31,32)17-8-7-15(34-17)14-9-16(33-25-14)21(22,23)24/h3-9,13,26H,10H2,1-2H3,(H,29,30). The average Bonchev–Trinajstić information content (AvgIpc) is 3.13. The number of nitrogens with one attached hydrogen (secondary N) is 1. The lowest BCUT2D eigenvalue weighted by Gasteiger charge is -2.15. The Hall–Kier alpha value is -3.23. The minimum absolute atomic E-state index is 0.0149. The molecule has 35 heavy (non-hydrogen) atoms. The van der Waals surface area contributed by atoms with Gasteiger partial charge >= 0.3 is 12.1 Å². The van der Waals surface area contributed by atoms with Crippen molar-refractivity contribution in [2.24, 2.45) is 0 Å². The molecule has 9 nitrogen and oxygen atoms in total. The lowest BCUT2D eigenvalue weighted by Crippen LogP contribution is -2.44. The Morgan fingerprint density at radius 2 is 1.86 bits per heavy atom. The summed E-state index contributed by atoms with van der Waals surface area (Å²) in [4.78, 5) is 25.6. The predicted octanol–water partition coefficient (Wildman–Crippen LogP) is 3.41. The Morgan fingerprint density at radius 3 is 2.40 bits per heavy atom. The lowest BCUT2D eigenvalue weighted by atomic mass is 10.0. The lowest BCUT2D eigenvalue weighted by molar-refractivity contribution is -0.155. The number of carboxylic acid groups (broad SMARTS) is 1. The molecule has 1 aromatic carbocycles. The summed E-state index contributed by atoms with van der Waals surface area (Å²) >= 11 is 0.627. The molecule has 3 aromatic rings. The van der Waals surface area contributed by atoms with Gasteiger partial charge in [-0.3, -0.25) is 9.59 Å². The molecule has 4 rings (SSSR count). The van der Waals surface area contributed by atoms with E-state index in [0.29, 0.717) is 28.5 Å². The number of amides is 1. The zero-order chi connectivity index (χ0) is 25.8. The van der Waals surface area contributed by atoms with Crippen molar-refractivity contribution in [3.05, 3.63) is 59.4 Å². The van der Waals surface area contributed by atoms with Gasteiger partial charge in [-0.05, 0) is 36.2 Å². The third kappa shape index (κ3) is 4.68. The molecule has 1 fully saturated rings. The molecule has 2 atom stereocenters. The highest BCUT2D eigenvalue weighted by Crippen LogP contribution is 2.52. The van der Waals surface area contributed by atoms with Gasteiger partial charge in [0.1, 0.15) is 15.4 Å². The molecule has 2 aromatic heterocycles. The van der Waals surface area contributed by atoms with E-state index in [1.54, 1.807) is 26.2 Å². The quantitative estimate of drug-likeness (QED) is 0.480. The van der Waals surface area contributed by atoms with E-state index in [1.165, 1.54) is 23.1 Å². The summed E-state index contributed by atoms with van der Waals surface area (Å²) in [7, 11) is -1.15. The van der Waals surface area contributed by atoms with E-state index in [0.717, 1.165) is 6.07 Å². The topological polar surface area (TPSA) is 130 Å². The van der Waals surface area contributed by atoms with Gasteiger partial charge in [-0.25, -0.2) is 8.42 Å². The van der Waals surface area contributed by atoms with Gasteiger partial charge in [0.05, 0.1) is 4.88 Å². The Balaban J connectivity index is 1.55. The molecule has 0 radical (unpaired) electrons. The number of carbonyl (C=O) groups is 2. The SMILES string of the molecule is CN(C)C(=O)c1ccc(C2CC2(NS(=O)(=O)c2ccc(-c3cc(C(F)(F)F)on3)s2)C(=O)O)cc1. The Morgan fingerprint density at radius 1 is 1.20 bits per heavy atom. The number of aromatic nitrogens is 1. The van der Waals surface area contributed by atoms with E-state index in [4.69, 9.17) is 0 Å². The Labute approximate surface area is 201 Å². The second-order valence-corrected chi connectivity index (χ2v) is 11.1. The number of thiophene rings is 1. The Kier molecular flexibility index (Phi) is 6.02. The van der Waals surface area contributed by atoms with E-state index in [9.17, 15) is 36.3 Å². The molecular weight excluding hydrogens is 511 g/mol. The summed E-state index contributed by atoms with van der Waals surface area (Å²) in [5, 5.41) is 13.1. The first-order valence-corrected chi connectivity index (χ1v) is 12.3. The summed E-state index contributed by atoms with van der Waals surface area (Å²) in [6, 6.07) is 9.29. The number of nitrogens with zero attached hydrogens (tertiary/aromatic N) is 2. The molecule has 0 spiro atoms. The van der Waals surface area contributed by atoms with E-state index < -0.39 is 39.4 Å². The van der Waals surface area contributed by atoms with Gasteiger partial charge in [0.2, 0.25) is 5.76 Å². The number of sulfonamides is 1. The highest BCUT2D eigenvalue weighted by atomic mass is 32.2. The first kappa shape index (κ1) is 24.9. The predicted molar refractivity (Wildman–Crippen MR) is 117 cm³/mol. The van der Waals surface area contributed by atoms with Crippen molar-refractivity contribution in [2.45, 2.75) is 28.3 Å². The van der Waals surface area contributed by atoms with Crippen molar-refractivity contribution in [3.63, 3.8) is 0 Å². The zero-order valence-electron chi connectivity index (χ0n) is 18.2. The minimum Gasteiger partial charge on any atom is -0.480 e. The van der Waals surface area contributed by atoms with Crippen LogP contribution >= 0.6 is 11.3 Å². The van der Waals surface area contributed by atoms with Crippen molar-refractivity contribution in [3.8, 4) is 10.6 Å². The number of alkyl halides is 3. The number of hydrogen-bond donors (Lipinski definition) is 2. The molecule has 1 aliphatic carbocycles. The molecule has 1 amide bonds. The molecule has 2 unspecified atom stereocenters. The summed E-state index contributed by atoms with van der Waals surface area (Å²) < 4.78 is 70.4. The van der Waals surface area contributed by atoms with Gasteiger partial charge < -0.3 is 14.5 Å². The van der Waals surface area contributed by atoms with Gasteiger partial charge in [-0.2, -0.15) is 17.9 Å². The summed E-state index contributed by atoms with van der Waals surface area (Å²) in [5.41, 5.74) is -1.06. The third-order valence-corrected chi connectivity index (χ3v) is 8.62. The first-order valence-electron chi connectivity index (χ1n) is 9.98. The van der Waals surface area contributed by atoms with Crippen molar-refractivity contribution in [1.82, 2.24) is 14.8 Å². The smallest absolute Gasteiger partial charge is 0.452 e. The zero-order valence-corrected chi connectivity index (χ0v) is 19.8. The van der Waals surface area contributed by atoms with Crippen LogP contribution in [0.1, 0.15) is 34.0 Å². The van der Waals surface area contributed by atoms with Crippen LogP contribution in [0.25, 0.3) is 10.6 Å².